The summed E-state index contributed by atoms with van der Waals surface area (Å²) in [5.74, 6) is 0.823. The maximum absolute atomic E-state index is 13.1. The molecule has 10 nitrogen and oxygen atoms in total. The molecular formula is C24H14N6O4S. The maximum atomic E-state index is 13.1. The Hall–Kier alpha value is -4.90. The van der Waals surface area contributed by atoms with Crippen LogP contribution in [0.3, 0.4) is 0 Å². The van der Waals surface area contributed by atoms with Gasteiger partial charge in [0.1, 0.15) is 5.69 Å². The molecule has 0 bridgehead atoms. The molecule has 4 aromatic heterocycles. The predicted octanol–water partition coefficient (Wildman–Crippen LogP) is 3.72. The van der Waals surface area contributed by atoms with E-state index in [1.165, 1.54) is 34.2 Å². The molecule has 0 aliphatic heterocycles. The highest BCUT2D eigenvalue weighted by Gasteiger charge is 2.16. The summed E-state index contributed by atoms with van der Waals surface area (Å²) in [5, 5.41) is 20.1. The van der Waals surface area contributed by atoms with Gasteiger partial charge in [0.15, 0.2) is 5.76 Å². The topological polar surface area (TPSA) is 121 Å². The molecule has 35 heavy (non-hydrogen) atoms. The molecular weight excluding hydrogens is 468 g/mol. The van der Waals surface area contributed by atoms with E-state index >= 15 is 0 Å². The molecule has 170 valence electrons. The largest absolute Gasteiger partial charge is 0.461 e. The Labute approximate surface area is 200 Å². The highest BCUT2D eigenvalue weighted by atomic mass is 32.1. The summed E-state index contributed by atoms with van der Waals surface area (Å²) in [7, 11) is 0. The molecule has 0 fully saturated rings. The smallest absolute Gasteiger partial charge is 0.291 e. The maximum Gasteiger partial charge on any atom is 0.291 e. The van der Waals surface area contributed by atoms with Gasteiger partial charge < -0.3 is 4.42 Å². The van der Waals surface area contributed by atoms with E-state index in [1.54, 1.807) is 35.0 Å². The zero-order valence-electron chi connectivity index (χ0n) is 17.8. The number of furan rings is 1. The number of nitrogens with zero attached hydrogens (tertiary/aromatic N) is 6. The molecule has 6 aromatic rings. The zero-order chi connectivity index (χ0) is 23.9. The van der Waals surface area contributed by atoms with Gasteiger partial charge in [0.2, 0.25) is 10.8 Å². The first kappa shape index (κ1) is 20.7. The van der Waals surface area contributed by atoms with E-state index in [-0.39, 0.29) is 11.2 Å². The van der Waals surface area contributed by atoms with E-state index in [2.05, 4.69) is 10.1 Å². The van der Waals surface area contributed by atoms with Gasteiger partial charge >= 0.3 is 0 Å². The van der Waals surface area contributed by atoms with Crippen LogP contribution >= 0.6 is 11.3 Å². The van der Waals surface area contributed by atoms with Gasteiger partial charge in [-0.3, -0.25) is 14.9 Å². The summed E-state index contributed by atoms with van der Waals surface area (Å²) in [6.45, 7) is 0. The van der Waals surface area contributed by atoms with Crippen LogP contribution in [-0.2, 0) is 0 Å². The van der Waals surface area contributed by atoms with E-state index in [1.807, 2.05) is 36.5 Å². The van der Waals surface area contributed by atoms with Gasteiger partial charge in [-0.1, -0.05) is 29.5 Å². The van der Waals surface area contributed by atoms with Gasteiger partial charge in [0.05, 0.1) is 21.4 Å². The normalized spacial score (nSPS) is 11.9. The molecule has 0 saturated heterocycles. The van der Waals surface area contributed by atoms with Gasteiger partial charge in [0.25, 0.3) is 11.2 Å². The lowest BCUT2D eigenvalue weighted by molar-refractivity contribution is -0.384. The highest BCUT2D eigenvalue weighted by molar-refractivity contribution is 7.15. The van der Waals surface area contributed by atoms with E-state index in [9.17, 15) is 14.9 Å². The van der Waals surface area contributed by atoms with Crippen molar-refractivity contribution in [1.29, 1.82) is 0 Å². The van der Waals surface area contributed by atoms with Crippen molar-refractivity contribution >= 4 is 28.1 Å². The van der Waals surface area contributed by atoms with Crippen LogP contribution in [-0.4, -0.2) is 29.3 Å². The van der Waals surface area contributed by atoms with Crippen LogP contribution < -0.4 is 10.1 Å². The van der Waals surface area contributed by atoms with E-state index in [0.717, 1.165) is 5.69 Å². The summed E-state index contributed by atoms with van der Waals surface area (Å²) in [6, 6.07) is 19.1. The fraction of sp³-hybridized carbons (Fsp3) is 0. The number of hydrogen-bond acceptors (Lipinski definition) is 8. The first-order valence-corrected chi connectivity index (χ1v) is 11.2. The molecule has 0 unspecified atom stereocenters. The second-order valence-electron chi connectivity index (χ2n) is 7.54. The van der Waals surface area contributed by atoms with Crippen molar-refractivity contribution in [1.82, 2.24) is 24.4 Å². The highest BCUT2D eigenvalue weighted by Crippen LogP contribution is 2.26. The van der Waals surface area contributed by atoms with Crippen molar-refractivity contribution in [3.05, 3.63) is 110 Å². The number of nitro groups is 1. The lowest BCUT2D eigenvalue weighted by Gasteiger charge is -2.00. The Balaban J connectivity index is 1.49. The van der Waals surface area contributed by atoms with Crippen LogP contribution in [0.25, 0.3) is 39.6 Å². The number of hydrogen-bond donors (Lipinski definition) is 0. The minimum absolute atomic E-state index is 0.0125. The Morgan fingerprint density at radius 3 is 2.49 bits per heavy atom. The number of nitro benzene ring substituents is 1. The first-order valence-electron chi connectivity index (χ1n) is 10.4. The molecule has 0 radical (unpaired) electrons. The van der Waals surface area contributed by atoms with E-state index < -0.39 is 4.92 Å². The van der Waals surface area contributed by atoms with Crippen molar-refractivity contribution < 1.29 is 9.34 Å². The number of para-hydroxylation sites is 1. The molecule has 4 heterocycles. The molecule has 0 N–H and O–H groups in total. The number of rotatable bonds is 5. The fourth-order valence-electron chi connectivity index (χ4n) is 3.66. The minimum atomic E-state index is -0.450. The third-order valence-corrected chi connectivity index (χ3v) is 6.28. The predicted molar refractivity (Wildman–Crippen MR) is 129 cm³/mol. The van der Waals surface area contributed by atoms with Crippen LogP contribution in [0, 0.1) is 10.1 Å². The Morgan fingerprint density at radius 2 is 1.80 bits per heavy atom. The van der Waals surface area contributed by atoms with Gasteiger partial charge in [0, 0.05) is 29.5 Å². The van der Waals surface area contributed by atoms with Gasteiger partial charge in [-0.25, -0.2) is 4.68 Å². The van der Waals surface area contributed by atoms with Crippen LogP contribution in [0.2, 0.25) is 0 Å². The number of thiazole rings is 1. The first-order chi connectivity index (χ1) is 17.1. The average molecular weight is 482 g/mol. The van der Waals surface area contributed by atoms with Gasteiger partial charge in [-0.15, -0.1) is 5.10 Å². The lowest BCUT2D eigenvalue weighted by Crippen LogP contribution is -2.23. The zero-order valence-corrected chi connectivity index (χ0v) is 18.6. The summed E-state index contributed by atoms with van der Waals surface area (Å²) >= 11 is 1.21. The van der Waals surface area contributed by atoms with E-state index in [0.29, 0.717) is 37.9 Å². The molecule has 0 aliphatic carbocycles. The molecule has 0 amide bonds. The van der Waals surface area contributed by atoms with E-state index in [4.69, 9.17) is 9.52 Å². The third-order valence-electron chi connectivity index (χ3n) is 5.32. The van der Waals surface area contributed by atoms with Crippen LogP contribution in [0.1, 0.15) is 5.56 Å². The molecule has 11 heteroatoms. The fourth-order valence-corrected chi connectivity index (χ4v) is 4.56. The number of aromatic nitrogens is 5. The molecule has 0 saturated carbocycles. The minimum Gasteiger partial charge on any atom is -0.461 e. The Bertz CT molecular complexity index is 1780. The summed E-state index contributed by atoms with van der Waals surface area (Å²) < 4.78 is 8.71. The van der Waals surface area contributed by atoms with Crippen molar-refractivity contribution in [2.75, 3.05) is 0 Å². The quantitative estimate of drug-likeness (QED) is 0.271. The SMILES string of the molecule is O=c1/c(=C/c2cn(-c3ccccc3)nc2-c2ccc([N+](=O)[O-])cc2)sc2nc(-c3ccco3)nn12. The molecule has 0 spiro atoms. The summed E-state index contributed by atoms with van der Waals surface area (Å²) in [5.41, 5.74) is 2.46. The Kier molecular flexibility index (Phi) is 4.82. The number of fused-ring (bicyclic) bond motifs is 1. The van der Waals surface area contributed by atoms with Crippen LogP contribution in [0.5, 0.6) is 0 Å². The lowest BCUT2D eigenvalue weighted by atomic mass is 10.1. The third kappa shape index (κ3) is 3.69. The second-order valence-corrected chi connectivity index (χ2v) is 8.55. The van der Waals surface area contributed by atoms with Gasteiger partial charge in [-0.2, -0.15) is 14.6 Å². The van der Waals surface area contributed by atoms with Crippen LogP contribution in [0.15, 0.2) is 88.4 Å². The Morgan fingerprint density at radius 1 is 1.00 bits per heavy atom. The van der Waals surface area contributed by atoms with Crippen LogP contribution in [0.4, 0.5) is 5.69 Å². The number of non-ortho nitro benzene ring substituents is 1. The van der Waals surface area contributed by atoms with Gasteiger partial charge in [-0.05, 0) is 42.5 Å². The second kappa shape index (κ2) is 8.15. The molecule has 2 aromatic carbocycles. The summed E-state index contributed by atoms with van der Waals surface area (Å²) in [4.78, 5) is 28.5. The average Bonchev–Trinajstić information content (AvgIpc) is 3.66. The van der Waals surface area contributed by atoms with Crippen molar-refractivity contribution in [3.8, 4) is 28.5 Å². The molecule has 0 aliphatic rings. The van der Waals surface area contributed by atoms with Crippen molar-refractivity contribution in [2.45, 2.75) is 0 Å². The number of benzene rings is 2. The van der Waals surface area contributed by atoms with Crippen molar-refractivity contribution in [3.63, 3.8) is 0 Å². The monoisotopic (exact) mass is 482 g/mol. The standard InChI is InChI=1S/C24H14N6O4S/c31-23-20(35-24-25-22(27-29(23)24)19-7-4-12-34-19)13-16-14-28(17-5-2-1-3-6-17)26-21(16)15-8-10-18(11-9-15)30(32)33/h1-14H/b20-13-. The summed E-state index contributed by atoms with van der Waals surface area (Å²) in [6.07, 6.45) is 5.07. The molecule has 6 rings (SSSR count). The van der Waals surface area contributed by atoms with Crippen molar-refractivity contribution in [2.24, 2.45) is 0 Å². The molecule has 0 atom stereocenters.